The predicted octanol–water partition coefficient (Wildman–Crippen LogP) is 3.71. The average Bonchev–Trinajstić information content (AvgIpc) is 2.71. The standard InChI is InChI=1S/C19H30N2/c1-16-6-8-17(9-7-16)18-14-19(15-18)20-10-13-21-11-4-2-3-5-12-21/h6-9,18-20H,2-5,10-15H2,1H3. The molecule has 0 aromatic heterocycles. The van der Waals surface area contributed by atoms with Crippen LogP contribution in [0.25, 0.3) is 0 Å². The number of aryl methyl sites for hydroxylation is 1. The highest BCUT2D eigenvalue weighted by molar-refractivity contribution is 5.26. The monoisotopic (exact) mass is 286 g/mol. The van der Waals surface area contributed by atoms with Gasteiger partial charge in [-0.3, -0.25) is 0 Å². The topological polar surface area (TPSA) is 15.3 Å². The normalized spacial score (nSPS) is 27.1. The maximum absolute atomic E-state index is 3.76. The van der Waals surface area contributed by atoms with E-state index < -0.39 is 0 Å². The number of hydrogen-bond acceptors (Lipinski definition) is 2. The van der Waals surface area contributed by atoms with Crippen molar-refractivity contribution < 1.29 is 0 Å². The molecule has 116 valence electrons. The van der Waals surface area contributed by atoms with Gasteiger partial charge in [0.15, 0.2) is 0 Å². The summed E-state index contributed by atoms with van der Waals surface area (Å²) in [6, 6.07) is 9.87. The van der Waals surface area contributed by atoms with Gasteiger partial charge in [-0.05, 0) is 57.2 Å². The molecule has 2 nitrogen and oxygen atoms in total. The molecule has 0 amide bonds. The van der Waals surface area contributed by atoms with Gasteiger partial charge < -0.3 is 10.2 Å². The molecule has 1 saturated carbocycles. The van der Waals surface area contributed by atoms with Crippen molar-refractivity contribution in [2.24, 2.45) is 0 Å². The Kier molecular flexibility index (Phi) is 5.32. The molecule has 3 rings (SSSR count). The molecule has 1 N–H and O–H groups in total. The Morgan fingerprint density at radius 3 is 2.33 bits per heavy atom. The Morgan fingerprint density at radius 1 is 1.00 bits per heavy atom. The summed E-state index contributed by atoms with van der Waals surface area (Å²) in [4.78, 5) is 2.65. The molecule has 2 fully saturated rings. The molecule has 0 bridgehead atoms. The molecule has 0 spiro atoms. The first-order valence-corrected chi connectivity index (χ1v) is 8.83. The van der Waals surface area contributed by atoms with E-state index in [1.165, 1.54) is 75.8 Å². The first-order chi connectivity index (χ1) is 10.3. The summed E-state index contributed by atoms with van der Waals surface area (Å²) in [6.45, 7) is 7.21. The van der Waals surface area contributed by atoms with Crippen LogP contribution in [-0.2, 0) is 0 Å². The third kappa shape index (κ3) is 4.31. The van der Waals surface area contributed by atoms with Crippen molar-refractivity contribution in [3.8, 4) is 0 Å². The Bertz CT molecular complexity index is 412. The fourth-order valence-electron chi connectivity index (χ4n) is 3.68. The largest absolute Gasteiger partial charge is 0.313 e. The van der Waals surface area contributed by atoms with E-state index in [0.29, 0.717) is 0 Å². The summed E-state index contributed by atoms with van der Waals surface area (Å²) in [6.07, 6.45) is 8.32. The summed E-state index contributed by atoms with van der Waals surface area (Å²) in [7, 11) is 0. The van der Waals surface area contributed by atoms with E-state index in [1.807, 2.05) is 0 Å². The van der Waals surface area contributed by atoms with Crippen LogP contribution in [0.3, 0.4) is 0 Å². The second kappa shape index (κ2) is 7.42. The minimum absolute atomic E-state index is 0.753. The Morgan fingerprint density at radius 2 is 1.67 bits per heavy atom. The van der Waals surface area contributed by atoms with Gasteiger partial charge in [0.25, 0.3) is 0 Å². The lowest BCUT2D eigenvalue weighted by molar-refractivity contribution is 0.248. The Hall–Kier alpha value is -0.860. The number of nitrogens with zero attached hydrogens (tertiary/aromatic N) is 1. The molecule has 1 heterocycles. The summed E-state index contributed by atoms with van der Waals surface area (Å²) in [5, 5.41) is 3.76. The molecule has 1 aromatic carbocycles. The smallest absolute Gasteiger partial charge is 0.0107 e. The first kappa shape index (κ1) is 15.1. The van der Waals surface area contributed by atoms with Crippen LogP contribution in [-0.4, -0.2) is 37.1 Å². The molecule has 0 atom stereocenters. The van der Waals surface area contributed by atoms with Gasteiger partial charge in [-0.1, -0.05) is 42.7 Å². The minimum atomic E-state index is 0.753. The summed E-state index contributed by atoms with van der Waals surface area (Å²) < 4.78 is 0. The van der Waals surface area contributed by atoms with Crippen LogP contribution in [0.4, 0.5) is 0 Å². The maximum atomic E-state index is 3.76. The molecular formula is C19H30N2. The molecule has 1 saturated heterocycles. The summed E-state index contributed by atoms with van der Waals surface area (Å²) >= 11 is 0. The van der Waals surface area contributed by atoms with Gasteiger partial charge in [-0.15, -0.1) is 0 Å². The van der Waals surface area contributed by atoms with Crippen LogP contribution in [0.2, 0.25) is 0 Å². The van der Waals surface area contributed by atoms with Crippen LogP contribution in [0.5, 0.6) is 0 Å². The molecule has 1 aliphatic heterocycles. The van der Waals surface area contributed by atoms with Gasteiger partial charge in [0.2, 0.25) is 0 Å². The zero-order valence-electron chi connectivity index (χ0n) is 13.5. The number of likely N-dealkylation sites (tertiary alicyclic amines) is 1. The summed E-state index contributed by atoms with van der Waals surface area (Å²) in [5.74, 6) is 0.793. The van der Waals surface area contributed by atoms with Crippen molar-refractivity contribution in [1.29, 1.82) is 0 Å². The number of nitrogens with one attached hydrogen (secondary N) is 1. The lowest BCUT2D eigenvalue weighted by Crippen LogP contribution is -2.43. The molecule has 21 heavy (non-hydrogen) atoms. The van der Waals surface area contributed by atoms with Crippen LogP contribution in [0.1, 0.15) is 55.6 Å². The van der Waals surface area contributed by atoms with Crippen LogP contribution < -0.4 is 5.32 Å². The molecule has 2 aliphatic rings. The molecule has 0 radical (unpaired) electrons. The second-order valence-electron chi connectivity index (χ2n) is 6.99. The highest BCUT2D eigenvalue weighted by Gasteiger charge is 2.29. The van der Waals surface area contributed by atoms with Crippen molar-refractivity contribution in [2.75, 3.05) is 26.2 Å². The lowest BCUT2D eigenvalue weighted by atomic mass is 9.76. The molecule has 0 unspecified atom stereocenters. The van der Waals surface area contributed by atoms with Gasteiger partial charge >= 0.3 is 0 Å². The number of rotatable bonds is 5. The Labute approximate surface area is 129 Å². The first-order valence-electron chi connectivity index (χ1n) is 8.83. The number of benzene rings is 1. The molecule has 2 heteroatoms. The van der Waals surface area contributed by atoms with Gasteiger partial charge in [-0.25, -0.2) is 0 Å². The number of hydrogen-bond donors (Lipinski definition) is 1. The zero-order valence-corrected chi connectivity index (χ0v) is 13.5. The van der Waals surface area contributed by atoms with E-state index in [2.05, 4.69) is 41.4 Å². The molecule has 1 aromatic rings. The maximum Gasteiger partial charge on any atom is 0.0107 e. The van der Waals surface area contributed by atoms with Crippen molar-refractivity contribution in [3.05, 3.63) is 35.4 Å². The predicted molar refractivity (Wildman–Crippen MR) is 89.9 cm³/mol. The minimum Gasteiger partial charge on any atom is -0.313 e. The van der Waals surface area contributed by atoms with Gasteiger partial charge in [0, 0.05) is 19.1 Å². The lowest BCUT2D eigenvalue weighted by Gasteiger charge is -2.37. The van der Waals surface area contributed by atoms with Gasteiger partial charge in [0.1, 0.15) is 0 Å². The van der Waals surface area contributed by atoms with E-state index in [9.17, 15) is 0 Å². The van der Waals surface area contributed by atoms with Crippen molar-refractivity contribution in [2.45, 2.75) is 57.4 Å². The highest BCUT2D eigenvalue weighted by atomic mass is 15.1. The molecule has 1 aliphatic carbocycles. The van der Waals surface area contributed by atoms with Gasteiger partial charge in [-0.2, -0.15) is 0 Å². The third-order valence-corrected chi connectivity index (χ3v) is 5.25. The highest BCUT2D eigenvalue weighted by Crippen LogP contribution is 2.36. The van der Waals surface area contributed by atoms with Crippen molar-refractivity contribution >= 4 is 0 Å². The van der Waals surface area contributed by atoms with E-state index in [0.717, 1.165) is 12.0 Å². The van der Waals surface area contributed by atoms with E-state index in [-0.39, 0.29) is 0 Å². The summed E-state index contributed by atoms with van der Waals surface area (Å²) in [5.41, 5.74) is 2.90. The fraction of sp³-hybridized carbons (Fsp3) is 0.684. The zero-order chi connectivity index (χ0) is 14.5. The average molecular weight is 286 g/mol. The van der Waals surface area contributed by atoms with Crippen molar-refractivity contribution in [1.82, 2.24) is 10.2 Å². The quantitative estimate of drug-likeness (QED) is 0.888. The van der Waals surface area contributed by atoms with E-state index >= 15 is 0 Å². The molecular weight excluding hydrogens is 256 g/mol. The van der Waals surface area contributed by atoms with E-state index in [4.69, 9.17) is 0 Å². The fourth-order valence-corrected chi connectivity index (χ4v) is 3.68. The third-order valence-electron chi connectivity index (χ3n) is 5.25. The van der Waals surface area contributed by atoms with Crippen LogP contribution >= 0.6 is 0 Å². The van der Waals surface area contributed by atoms with Crippen molar-refractivity contribution in [3.63, 3.8) is 0 Å². The Balaban J connectivity index is 1.32. The SMILES string of the molecule is Cc1ccc(C2CC(NCCN3CCCCCC3)C2)cc1. The van der Waals surface area contributed by atoms with Gasteiger partial charge in [0.05, 0.1) is 0 Å². The van der Waals surface area contributed by atoms with Crippen LogP contribution in [0, 0.1) is 6.92 Å². The van der Waals surface area contributed by atoms with Crippen LogP contribution in [0.15, 0.2) is 24.3 Å². The van der Waals surface area contributed by atoms with E-state index in [1.54, 1.807) is 0 Å². The second-order valence-corrected chi connectivity index (χ2v) is 6.99.